The first-order valence-corrected chi connectivity index (χ1v) is 8.53. The van der Waals surface area contributed by atoms with Crippen LogP contribution in [0.2, 0.25) is 25.2 Å². The van der Waals surface area contributed by atoms with Crippen LogP contribution in [0.25, 0.3) is 0 Å². The van der Waals surface area contributed by atoms with Gasteiger partial charge in [-0.1, -0.05) is 49.5 Å². The maximum atomic E-state index is 5.37. The van der Waals surface area contributed by atoms with E-state index in [1.54, 1.807) is 0 Å². The second kappa shape index (κ2) is 5.02. The average molecular weight is 202 g/mol. The van der Waals surface area contributed by atoms with Crippen molar-refractivity contribution in [2.45, 2.75) is 31.6 Å². The minimum Gasteiger partial charge on any atom is -0.120 e. The molecule has 0 saturated heterocycles. The molecule has 0 atom stereocenters. The minimum atomic E-state index is -1.12. The summed E-state index contributed by atoms with van der Waals surface area (Å²) in [6.07, 6.45) is 6.55. The van der Waals surface area contributed by atoms with Gasteiger partial charge in [-0.3, -0.25) is 0 Å². The molecule has 14 heavy (non-hydrogen) atoms. The third-order valence-electron chi connectivity index (χ3n) is 2.51. The fourth-order valence-corrected chi connectivity index (χ4v) is 3.19. The summed E-state index contributed by atoms with van der Waals surface area (Å²) in [6.45, 7) is 4.74. The molecule has 0 heterocycles. The molecule has 0 nitrogen and oxygen atoms in total. The van der Waals surface area contributed by atoms with Gasteiger partial charge in [-0.05, 0) is 12.0 Å². The summed E-state index contributed by atoms with van der Waals surface area (Å²) in [7, 11) is -1.12. The molecule has 0 amide bonds. The molecule has 0 radical (unpaired) electrons. The lowest BCUT2D eigenvalue weighted by molar-refractivity contribution is 1.09. The SMILES string of the molecule is C#CC[Si](C)(C)CCc1ccccc1. The molecule has 0 aliphatic carbocycles. The van der Waals surface area contributed by atoms with Gasteiger partial charge in [-0.25, -0.2) is 0 Å². The second-order valence-electron chi connectivity index (χ2n) is 4.53. The van der Waals surface area contributed by atoms with Crippen molar-refractivity contribution >= 4 is 8.07 Å². The fraction of sp³-hybridized carbons (Fsp3) is 0.385. The number of aryl methyl sites for hydroxylation is 1. The fourth-order valence-electron chi connectivity index (χ4n) is 1.49. The first kappa shape index (κ1) is 11.1. The van der Waals surface area contributed by atoms with Crippen molar-refractivity contribution in [2.75, 3.05) is 0 Å². The number of benzene rings is 1. The third-order valence-corrected chi connectivity index (χ3v) is 5.28. The maximum absolute atomic E-state index is 5.37. The summed E-state index contributed by atoms with van der Waals surface area (Å²) in [6, 6.07) is 12.9. The van der Waals surface area contributed by atoms with Crippen molar-refractivity contribution in [3.05, 3.63) is 35.9 Å². The lowest BCUT2D eigenvalue weighted by Gasteiger charge is -2.18. The zero-order chi connectivity index (χ0) is 10.4. The van der Waals surface area contributed by atoms with Crippen LogP contribution in [0.4, 0.5) is 0 Å². The molecule has 74 valence electrons. The van der Waals surface area contributed by atoms with Crippen LogP contribution in [0.15, 0.2) is 30.3 Å². The van der Waals surface area contributed by atoms with Crippen LogP contribution in [0.1, 0.15) is 5.56 Å². The van der Waals surface area contributed by atoms with Crippen molar-refractivity contribution < 1.29 is 0 Å². The first-order valence-electron chi connectivity index (χ1n) is 5.11. The quantitative estimate of drug-likeness (QED) is 0.517. The van der Waals surface area contributed by atoms with Crippen LogP contribution >= 0.6 is 0 Å². The van der Waals surface area contributed by atoms with E-state index >= 15 is 0 Å². The number of hydrogen-bond acceptors (Lipinski definition) is 0. The number of terminal acetylenes is 1. The highest BCUT2D eigenvalue weighted by atomic mass is 28.3. The summed E-state index contributed by atoms with van der Waals surface area (Å²) in [5.41, 5.74) is 1.44. The van der Waals surface area contributed by atoms with E-state index in [0.29, 0.717) is 0 Å². The van der Waals surface area contributed by atoms with Gasteiger partial charge in [0.1, 0.15) is 0 Å². The van der Waals surface area contributed by atoms with Gasteiger partial charge in [0.15, 0.2) is 0 Å². The normalized spacial score (nSPS) is 10.9. The summed E-state index contributed by atoms with van der Waals surface area (Å²) in [5, 5.41) is 0. The Balaban J connectivity index is 2.45. The topological polar surface area (TPSA) is 0 Å². The summed E-state index contributed by atoms with van der Waals surface area (Å²) >= 11 is 0. The molecule has 0 aliphatic heterocycles. The molecule has 0 bridgehead atoms. The number of hydrogen-bond donors (Lipinski definition) is 0. The first-order chi connectivity index (χ1) is 6.64. The van der Waals surface area contributed by atoms with Crippen LogP contribution in [0.5, 0.6) is 0 Å². The third kappa shape index (κ3) is 3.80. The van der Waals surface area contributed by atoms with Crippen LogP contribution in [0.3, 0.4) is 0 Å². The molecule has 0 fully saturated rings. The van der Waals surface area contributed by atoms with E-state index in [0.717, 1.165) is 6.04 Å². The lowest BCUT2D eigenvalue weighted by Crippen LogP contribution is -2.24. The monoisotopic (exact) mass is 202 g/mol. The molecular weight excluding hydrogens is 184 g/mol. The van der Waals surface area contributed by atoms with E-state index in [9.17, 15) is 0 Å². The van der Waals surface area contributed by atoms with Crippen LogP contribution in [-0.4, -0.2) is 8.07 Å². The van der Waals surface area contributed by atoms with Gasteiger partial charge in [0.25, 0.3) is 0 Å². The van der Waals surface area contributed by atoms with Crippen molar-refractivity contribution in [1.82, 2.24) is 0 Å². The standard InChI is InChI=1S/C13H18Si/c1-4-11-14(2,3)12-10-13-8-6-5-7-9-13/h1,5-9H,10-12H2,2-3H3. The zero-order valence-electron chi connectivity index (χ0n) is 9.09. The van der Waals surface area contributed by atoms with E-state index in [2.05, 4.69) is 49.3 Å². The highest BCUT2D eigenvalue weighted by Crippen LogP contribution is 2.17. The van der Waals surface area contributed by atoms with Crippen LogP contribution in [0, 0.1) is 12.3 Å². The highest BCUT2D eigenvalue weighted by Gasteiger charge is 2.18. The van der Waals surface area contributed by atoms with Gasteiger partial charge in [0.2, 0.25) is 0 Å². The van der Waals surface area contributed by atoms with Crippen molar-refractivity contribution in [3.8, 4) is 12.3 Å². The second-order valence-corrected chi connectivity index (χ2v) is 9.71. The molecule has 0 saturated carbocycles. The van der Waals surface area contributed by atoms with E-state index in [4.69, 9.17) is 6.42 Å². The molecular formula is C13H18Si. The number of rotatable bonds is 4. The Labute approximate surface area is 88.4 Å². The van der Waals surface area contributed by atoms with Gasteiger partial charge in [0, 0.05) is 6.04 Å². The smallest absolute Gasteiger partial charge is 0.0607 e. The van der Waals surface area contributed by atoms with Gasteiger partial charge in [-0.15, -0.1) is 12.3 Å². The molecule has 1 rings (SSSR count). The Hall–Kier alpha value is -1.00. The van der Waals surface area contributed by atoms with Crippen molar-refractivity contribution in [2.24, 2.45) is 0 Å². The molecule has 0 aromatic heterocycles. The maximum Gasteiger partial charge on any atom is 0.0607 e. The molecule has 1 heteroatoms. The minimum absolute atomic E-state index is 1.000. The van der Waals surface area contributed by atoms with Crippen molar-refractivity contribution in [3.63, 3.8) is 0 Å². The Morgan fingerprint density at radius 1 is 1.21 bits per heavy atom. The van der Waals surface area contributed by atoms with Crippen LogP contribution in [-0.2, 0) is 6.42 Å². The highest BCUT2D eigenvalue weighted by molar-refractivity contribution is 6.78. The largest absolute Gasteiger partial charge is 0.120 e. The van der Waals surface area contributed by atoms with E-state index in [1.165, 1.54) is 18.0 Å². The average Bonchev–Trinajstić information content (AvgIpc) is 2.17. The predicted molar refractivity (Wildman–Crippen MR) is 66.1 cm³/mol. The predicted octanol–water partition coefficient (Wildman–Crippen LogP) is 3.57. The van der Waals surface area contributed by atoms with Gasteiger partial charge >= 0.3 is 0 Å². The van der Waals surface area contributed by atoms with Crippen molar-refractivity contribution in [1.29, 1.82) is 0 Å². The molecule has 0 aliphatic rings. The molecule has 1 aromatic carbocycles. The Morgan fingerprint density at radius 3 is 2.43 bits per heavy atom. The van der Waals surface area contributed by atoms with E-state index < -0.39 is 8.07 Å². The summed E-state index contributed by atoms with van der Waals surface area (Å²) in [5.74, 6) is 2.81. The zero-order valence-corrected chi connectivity index (χ0v) is 10.1. The van der Waals surface area contributed by atoms with Gasteiger partial charge in [0.05, 0.1) is 8.07 Å². The molecule has 0 spiro atoms. The lowest BCUT2D eigenvalue weighted by atomic mass is 10.2. The van der Waals surface area contributed by atoms with E-state index in [-0.39, 0.29) is 0 Å². The molecule has 0 N–H and O–H groups in total. The van der Waals surface area contributed by atoms with Gasteiger partial charge < -0.3 is 0 Å². The van der Waals surface area contributed by atoms with Crippen LogP contribution < -0.4 is 0 Å². The molecule has 1 aromatic rings. The summed E-state index contributed by atoms with van der Waals surface area (Å²) < 4.78 is 0. The Kier molecular flexibility index (Phi) is 3.97. The Morgan fingerprint density at radius 2 is 1.86 bits per heavy atom. The van der Waals surface area contributed by atoms with E-state index in [1.807, 2.05) is 0 Å². The summed E-state index contributed by atoms with van der Waals surface area (Å²) in [4.78, 5) is 0. The van der Waals surface area contributed by atoms with Gasteiger partial charge in [-0.2, -0.15) is 0 Å². The Bertz CT molecular complexity index is 306. The molecule has 0 unspecified atom stereocenters.